The number of amides is 11. The van der Waals surface area contributed by atoms with Crippen molar-refractivity contribution in [2.24, 2.45) is 5.73 Å². The first kappa shape index (κ1) is 110. The molecule has 8 atom stereocenters. The van der Waals surface area contributed by atoms with Gasteiger partial charge in [-0.1, -0.05) is 84.0 Å². The molecule has 0 saturated carbocycles. The Morgan fingerprint density at radius 3 is 0.974 bits per heavy atom. The van der Waals surface area contributed by atoms with Crippen molar-refractivity contribution in [2.75, 3.05) is 97.1 Å². The molecule has 1 saturated heterocycles. The molecule has 0 aromatic heterocycles. The van der Waals surface area contributed by atoms with Crippen LogP contribution < -0.4 is 58.9 Å². The zero-order valence-electron chi connectivity index (χ0n) is 68.1. The van der Waals surface area contributed by atoms with Gasteiger partial charge in [0.15, 0.2) is 0 Å². The van der Waals surface area contributed by atoms with E-state index in [2.05, 4.69) is 60.1 Å². The van der Waals surface area contributed by atoms with Gasteiger partial charge in [0.05, 0.1) is 26.2 Å². The van der Waals surface area contributed by atoms with Crippen LogP contribution in [0.4, 0.5) is 0 Å². The Kier molecular flexibility index (Phi) is 61.6. The number of nitrogens with two attached hydrogens (primary N) is 1. The molecule has 1 aliphatic heterocycles. The van der Waals surface area contributed by atoms with Gasteiger partial charge < -0.3 is 94.6 Å². The molecule has 116 heavy (non-hydrogen) atoms. The molecule has 1 aliphatic rings. The molecule has 19 N–H and O–H groups in total. The van der Waals surface area contributed by atoms with Gasteiger partial charge in [-0.25, -0.2) is 0 Å². The number of rotatable bonds is 59. The van der Waals surface area contributed by atoms with Crippen molar-refractivity contribution < 1.29 is 162 Å². The van der Waals surface area contributed by atoms with Gasteiger partial charge in [0.1, 0.15) is 48.3 Å². The topological polar surface area (TPSA) is 608 Å². The second-order valence-corrected chi connectivity index (χ2v) is 29.8. The van der Waals surface area contributed by atoms with Gasteiger partial charge in [0.25, 0.3) is 0 Å². The van der Waals surface area contributed by atoms with Gasteiger partial charge in [-0.15, -0.1) is 0 Å². The van der Waals surface area contributed by atoms with E-state index >= 15 is 0 Å². The molecule has 0 spiro atoms. The van der Waals surface area contributed by atoms with Crippen LogP contribution >= 0.6 is 11.8 Å². The van der Waals surface area contributed by atoms with Crippen LogP contribution in [0, 0.1) is 39.9 Å². The number of unbranched alkanes of at least 4 members (excludes halogenated alkanes) is 13. The zero-order valence-corrected chi connectivity index (χ0v) is 71.2. The predicted molar refractivity (Wildman–Crippen MR) is 421 cm³/mol. The van der Waals surface area contributed by atoms with E-state index in [0.717, 1.165) is 26.2 Å². The third-order valence-electron chi connectivity index (χ3n) is 18.2. The molecule has 0 aromatic carbocycles. The van der Waals surface area contributed by atoms with E-state index in [4.69, 9.17) is 10.8 Å². The summed E-state index contributed by atoms with van der Waals surface area (Å²) in [6.45, 7) is 10.3. The predicted octanol–water partition coefficient (Wildman–Crippen LogP) is -0.624. The van der Waals surface area contributed by atoms with E-state index in [1.54, 1.807) is 45.2 Å². The minimum Gasteiger partial charge on any atom is -0.481 e. The number of carbonyl (C=O) groups excluding carboxylic acids is 11. The molecule has 664 valence electrons. The molecular formula is C74H129GdN15O25S. The summed E-state index contributed by atoms with van der Waals surface area (Å²) in [6, 6.07) is -10.6. The standard InChI is InChI=1S/C44H71N11O21.C30H58N4O4S.Gd/c1-26(56)47-28(5-9-33(58)59)41(73)49-30(7-11-35(62)63)43(75)51-31(8-12-36(64)65)44(76)50-29(6-10-34(60)61)42(74)48-27(40(45)72)4-2-3-13-46-32(57)22-52-14-16-53(23-37(66)67)18-20-55(25-39(70)71)21-19-54(17-15-52)24-38(68)69;1-7-8-9-10-11-12-13-14-15-16-17-18-19-20-27(35)34-26(21-22-39-6)30(38)33-25(5)29(37)32-24(4)28(36)31-23(2)3;/h27-31H,2-25H2,1H3,(H2,45,72)(H,46,57)(H,47,56)(H,48,74)(H,49,73)(H,50,76)(H,51,75)(H,58,59)(H,60,61)(H,62,63)(H,64,65)(H,66,67)(H,68,69)(H,70,71);23-26H,7-22H2,1-6H3,(H,31,36)(H,32,37)(H,33,38)(H,34,35);/t27-,28-,29-,30-,31-;24-,25-,26-;/m00./s1. The Balaban J connectivity index is 0. The Morgan fingerprint density at radius 2 is 0.647 bits per heavy atom. The largest absolute Gasteiger partial charge is 0.481 e. The van der Waals surface area contributed by atoms with E-state index < -0.39 is 189 Å². The summed E-state index contributed by atoms with van der Waals surface area (Å²) in [4.78, 5) is 228. The van der Waals surface area contributed by atoms with Crippen molar-refractivity contribution in [1.29, 1.82) is 0 Å². The number of primary amides is 1. The van der Waals surface area contributed by atoms with Crippen LogP contribution in [0.3, 0.4) is 0 Å². The third kappa shape index (κ3) is 57.1. The molecule has 1 rings (SSSR count). The fraction of sp³-hybridized carbons (Fsp3) is 0.757. The Bertz CT molecular complexity index is 3080. The molecule has 0 aliphatic carbocycles. The summed E-state index contributed by atoms with van der Waals surface area (Å²) in [6.07, 6.45) is 14.1. The normalized spacial score (nSPS) is 15.0. The summed E-state index contributed by atoms with van der Waals surface area (Å²) in [5.41, 5.74) is 5.56. The maximum absolute atomic E-state index is 13.7. The average molecular weight is 1820 g/mol. The van der Waals surface area contributed by atoms with Gasteiger partial charge in [0.2, 0.25) is 65.0 Å². The van der Waals surface area contributed by atoms with Crippen LogP contribution in [-0.2, 0) is 86.3 Å². The summed E-state index contributed by atoms with van der Waals surface area (Å²) < 4.78 is 0. The molecule has 0 bridgehead atoms. The maximum Gasteiger partial charge on any atom is 0.317 e. The van der Waals surface area contributed by atoms with Crippen molar-refractivity contribution in [3.8, 4) is 0 Å². The van der Waals surface area contributed by atoms with Crippen molar-refractivity contribution >= 4 is 119 Å². The minimum atomic E-state index is -1.84. The SMILES string of the molecule is CC(=O)N[C@@H](CCC(=O)O)C(=O)N[C@@H](CCC(=O)O)C(=O)N[C@@H](CCC(=O)O)C(=O)N[C@@H](CCC(=O)O)C(=O)N[C@@H](CCCCNC(=O)CN1CCN(CC(=O)O)CCN(CC(=O)O)CCN(CC(=O)O)CC1)C(N)=O.CCCCCCCCCCCCCCCC(=O)N[C@@H](CCSC)C(=O)N[C@@H](C)C(=O)N[C@@H](C)C(=O)NC(C)C.[Gd]. The number of nitrogens with zero attached hydrogens (tertiary/aromatic N) is 4. The third-order valence-corrected chi connectivity index (χ3v) is 18.8. The van der Waals surface area contributed by atoms with Crippen LogP contribution in [0.5, 0.6) is 0 Å². The van der Waals surface area contributed by atoms with Crippen LogP contribution in [0.1, 0.15) is 208 Å². The first-order valence-electron chi connectivity index (χ1n) is 39.4. The summed E-state index contributed by atoms with van der Waals surface area (Å²) in [5, 5.41) is 90.3. The van der Waals surface area contributed by atoms with Crippen molar-refractivity contribution in [3.05, 3.63) is 0 Å². The summed E-state index contributed by atoms with van der Waals surface area (Å²) >= 11 is 1.60. The summed E-state index contributed by atoms with van der Waals surface area (Å²) in [7, 11) is 0. The van der Waals surface area contributed by atoms with Crippen LogP contribution in [0.25, 0.3) is 0 Å². The first-order valence-corrected chi connectivity index (χ1v) is 40.8. The Morgan fingerprint density at radius 1 is 0.336 bits per heavy atom. The number of carbonyl (C=O) groups is 18. The summed E-state index contributed by atoms with van der Waals surface area (Å²) in [5.74, 6) is -16.5. The number of nitrogens with one attached hydrogen (secondary N) is 10. The molecule has 0 aromatic rings. The van der Waals surface area contributed by atoms with Crippen LogP contribution in [0.2, 0.25) is 0 Å². The number of aliphatic carboxylic acids is 7. The first-order chi connectivity index (χ1) is 54.3. The van der Waals surface area contributed by atoms with Crippen molar-refractivity contribution in [2.45, 2.75) is 263 Å². The van der Waals surface area contributed by atoms with Gasteiger partial charge in [0, 0.05) is 144 Å². The molecule has 40 nitrogen and oxygen atoms in total. The number of hydrogen-bond acceptors (Lipinski definition) is 23. The smallest absolute Gasteiger partial charge is 0.317 e. The second kappa shape index (κ2) is 65.0. The average Bonchev–Trinajstić information content (AvgIpc) is 0.902. The molecule has 1 fully saturated rings. The fourth-order valence-electron chi connectivity index (χ4n) is 11.8. The molecule has 1 heterocycles. The van der Waals surface area contributed by atoms with Crippen molar-refractivity contribution in [3.63, 3.8) is 0 Å². The maximum atomic E-state index is 13.7. The second-order valence-electron chi connectivity index (χ2n) is 28.8. The van der Waals surface area contributed by atoms with E-state index in [1.807, 2.05) is 20.1 Å². The number of hydrogen-bond donors (Lipinski definition) is 18. The Hall–Kier alpha value is -8.03. The Labute approximate surface area is 714 Å². The van der Waals surface area contributed by atoms with Crippen LogP contribution in [0.15, 0.2) is 0 Å². The van der Waals surface area contributed by atoms with Gasteiger partial charge in [-0.2, -0.15) is 11.8 Å². The molecule has 11 amide bonds. The molecule has 42 heteroatoms. The number of carboxylic acids is 7. The van der Waals surface area contributed by atoms with Crippen LogP contribution in [-0.4, -0.2) is 314 Å². The fourth-order valence-corrected chi connectivity index (χ4v) is 12.3. The van der Waals surface area contributed by atoms with Crippen molar-refractivity contribution in [1.82, 2.24) is 72.8 Å². The zero-order chi connectivity index (χ0) is 87.0. The van der Waals surface area contributed by atoms with Gasteiger partial charge >= 0.3 is 41.8 Å². The minimum absolute atomic E-state index is 0. The molecular weight excluding hydrogens is 1690 g/mol. The van der Waals surface area contributed by atoms with Gasteiger partial charge in [-0.05, 0) is 97.5 Å². The van der Waals surface area contributed by atoms with E-state index in [0.29, 0.717) is 18.6 Å². The van der Waals surface area contributed by atoms with E-state index in [1.165, 1.54) is 64.2 Å². The van der Waals surface area contributed by atoms with E-state index in [-0.39, 0.29) is 168 Å². The van der Waals surface area contributed by atoms with E-state index in [9.17, 15) is 117 Å². The number of carboxylic acid groups (broad SMARTS) is 7. The number of thioether (sulfide) groups is 1. The van der Waals surface area contributed by atoms with Gasteiger partial charge in [-0.3, -0.25) is 106 Å². The monoisotopic (exact) mass is 1820 g/mol. The quantitative estimate of drug-likeness (QED) is 0.0337. The molecule has 0 radical (unpaired) electrons. The molecule has 0 unspecified atom stereocenters.